The molecule has 0 fully saturated rings. The molecular formula is C17H13ClF3N3OS. The van der Waals surface area contributed by atoms with Crippen molar-refractivity contribution < 1.29 is 17.9 Å². The zero-order valence-corrected chi connectivity index (χ0v) is 15.0. The maximum atomic E-state index is 13.1. The van der Waals surface area contributed by atoms with E-state index in [1.54, 1.807) is 30.3 Å². The molecule has 2 heterocycles. The summed E-state index contributed by atoms with van der Waals surface area (Å²) in [4.78, 5) is 4.52. The van der Waals surface area contributed by atoms with Gasteiger partial charge >= 0.3 is 6.18 Å². The summed E-state index contributed by atoms with van der Waals surface area (Å²) < 4.78 is 44.9. The summed E-state index contributed by atoms with van der Waals surface area (Å²) >= 11 is 7.51. The Labute approximate surface area is 156 Å². The maximum Gasteiger partial charge on any atom is 0.411 e. The lowest BCUT2D eigenvalue weighted by Crippen LogP contribution is -2.45. The predicted molar refractivity (Wildman–Crippen MR) is 94.0 cm³/mol. The van der Waals surface area contributed by atoms with E-state index in [1.807, 2.05) is 6.07 Å². The van der Waals surface area contributed by atoms with Crippen molar-refractivity contribution in [2.75, 3.05) is 0 Å². The smallest absolute Gasteiger partial charge is 0.411 e. The summed E-state index contributed by atoms with van der Waals surface area (Å²) in [6.45, 7) is 1.51. The van der Waals surface area contributed by atoms with Gasteiger partial charge in [0.1, 0.15) is 5.60 Å². The first kappa shape index (κ1) is 18.5. The highest BCUT2D eigenvalue weighted by molar-refractivity contribution is 7.16. The van der Waals surface area contributed by atoms with Crippen LogP contribution in [0, 0.1) is 11.3 Å². The second-order valence-corrected chi connectivity index (χ2v) is 7.50. The average Bonchev–Trinajstić information content (AvgIpc) is 2.96. The number of amidine groups is 1. The van der Waals surface area contributed by atoms with Crippen molar-refractivity contribution >= 4 is 29.0 Å². The van der Waals surface area contributed by atoms with E-state index >= 15 is 0 Å². The third-order valence-electron chi connectivity index (χ3n) is 4.02. The van der Waals surface area contributed by atoms with E-state index in [9.17, 15) is 13.2 Å². The van der Waals surface area contributed by atoms with Crippen LogP contribution in [0.3, 0.4) is 0 Å². The number of benzene rings is 1. The minimum atomic E-state index is -4.52. The molecule has 0 bridgehead atoms. The normalized spacial score (nSPS) is 23.1. The Hall–Kier alpha value is -2.24. The minimum absolute atomic E-state index is 0.283. The summed E-state index contributed by atoms with van der Waals surface area (Å²) in [5.74, 6) is 0. The monoisotopic (exact) mass is 399 g/mol. The van der Waals surface area contributed by atoms with Crippen LogP contribution in [-0.4, -0.2) is 18.2 Å². The topological polar surface area (TPSA) is 71.4 Å². The van der Waals surface area contributed by atoms with Gasteiger partial charge in [-0.1, -0.05) is 23.7 Å². The fraction of sp³-hybridized carbons (Fsp3) is 0.294. The second kappa shape index (κ2) is 6.49. The van der Waals surface area contributed by atoms with E-state index in [4.69, 9.17) is 27.3 Å². The number of rotatable bonds is 2. The van der Waals surface area contributed by atoms with E-state index in [-0.39, 0.29) is 5.02 Å². The Morgan fingerprint density at radius 3 is 2.81 bits per heavy atom. The van der Waals surface area contributed by atoms with Crippen LogP contribution in [0.4, 0.5) is 13.2 Å². The predicted octanol–water partition coefficient (Wildman–Crippen LogP) is 4.82. The van der Waals surface area contributed by atoms with Gasteiger partial charge in [-0.2, -0.15) is 18.4 Å². The van der Waals surface area contributed by atoms with E-state index in [1.165, 1.54) is 18.3 Å². The summed E-state index contributed by atoms with van der Waals surface area (Å²) in [6.07, 6.45) is -4.95. The number of nitrogens with zero attached hydrogens (tertiary/aromatic N) is 2. The highest BCUT2D eigenvalue weighted by atomic mass is 35.5. The molecule has 0 saturated carbocycles. The van der Waals surface area contributed by atoms with Crippen LogP contribution in [-0.2, 0) is 10.3 Å². The molecule has 2 atom stereocenters. The molecule has 0 radical (unpaired) electrons. The molecule has 26 heavy (non-hydrogen) atoms. The van der Waals surface area contributed by atoms with E-state index in [0.29, 0.717) is 10.4 Å². The van der Waals surface area contributed by atoms with Crippen molar-refractivity contribution in [1.82, 2.24) is 0 Å². The minimum Gasteiger partial charge on any atom is -0.453 e. The number of aliphatic imine (C=N–C) groups is 1. The van der Waals surface area contributed by atoms with Gasteiger partial charge in [-0.05, 0) is 30.7 Å². The Kier molecular flexibility index (Phi) is 4.63. The van der Waals surface area contributed by atoms with E-state index in [0.717, 1.165) is 10.4 Å². The fourth-order valence-electron chi connectivity index (χ4n) is 2.81. The van der Waals surface area contributed by atoms with E-state index in [2.05, 4.69) is 4.99 Å². The Morgan fingerprint density at radius 2 is 2.15 bits per heavy atom. The molecule has 2 aromatic rings. The molecular weight excluding hydrogens is 387 g/mol. The Bertz CT molecular complexity index is 919. The lowest BCUT2D eigenvalue weighted by Gasteiger charge is -2.36. The average molecular weight is 400 g/mol. The molecule has 0 amide bonds. The number of nitriles is 1. The van der Waals surface area contributed by atoms with Gasteiger partial charge in [0.05, 0.1) is 21.5 Å². The molecule has 0 aliphatic carbocycles. The zero-order chi connectivity index (χ0) is 19.1. The van der Waals surface area contributed by atoms with Crippen molar-refractivity contribution in [2.45, 2.75) is 31.2 Å². The van der Waals surface area contributed by atoms with Gasteiger partial charge in [-0.25, -0.2) is 4.99 Å². The maximum absolute atomic E-state index is 13.1. The van der Waals surface area contributed by atoms with Crippen LogP contribution >= 0.6 is 22.9 Å². The first-order valence-electron chi connectivity index (χ1n) is 7.52. The van der Waals surface area contributed by atoms with Crippen LogP contribution in [0.1, 0.15) is 23.8 Å². The molecule has 3 rings (SSSR count). The largest absolute Gasteiger partial charge is 0.453 e. The van der Waals surface area contributed by atoms with E-state index < -0.39 is 30.3 Å². The molecule has 136 valence electrons. The lowest BCUT2D eigenvalue weighted by atomic mass is 9.93. The summed E-state index contributed by atoms with van der Waals surface area (Å²) in [5.41, 5.74) is 5.37. The van der Waals surface area contributed by atoms with Gasteiger partial charge in [0.25, 0.3) is 6.02 Å². The van der Waals surface area contributed by atoms with Crippen LogP contribution in [0.5, 0.6) is 0 Å². The van der Waals surface area contributed by atoms with Crippen LogP contribution in [0.2, 0.25) is 5.02 Å². The number of nitrogens with two attached hydrogens (primary N) is 1. The summed E-state index contributed by atoms with van der Waals surface area (Å²) in [6, 6.07) is 8.10. The molecule has 2 N–H and O–H groups in total. The van der Waals surface area contributed by atoms with Gasteiger partial charge in [-0.3, -0.25) is 0 Å². The van der Waals surface area contributed by atoms with Gasteiger partial charge in [0.2, 0.25) is 0 Å². The van der Waals surface area contributed by atoms with Crippen molar-refractivity contribution in [3.8, 4) is 16.5 Å². The Morgan fingerprint density at radius 1 is 1.42 bits per heavy atom. The highest BCUT2D eigenvalue weighted by Crippen LogP contribution is 2.47. The zero-order valence-electron chi connectivity index (χ0n) is 13.5. The van der Waals surface area contributed by atoms with Gasteiger partial charge < -0.3 is 10.5 Å². The number of thiophene rings is 1. The molecule has 0 spiro atoms. The first-order valence-corrected chi connectivity index (χ1v) is 8.71. The summed E-state index contributed by atoms with van der Waals surface area (Å²) in [5, 5.41) is 9.30. The van der Waals surface area contributed by atoms with Crippen molar-refractivity contribution in [3.63, 3.8) is 0 Å². The van der Waals surface area contributed by atoms with Crippen LogP contribution < -0.4 is 5.73 Å². The Balaban J connectivity index is 2.01. The molecule has 0 unspecified atom stereocenters. The second-order valence-electron chi connectivity index (χ2n) is 6.04. The molecule has 9 heteroatoms. The molecule has 1 aromatic heterocycles. The third-order valence-corrected chi connectivity index (χ3v) is 5.86. The fourth-order valence-corrected chi connectivity index (χ4v) is 4.44. The molecule has 1 aromatic carbocycles. The van der Waals surface area contributed by atoms with Gasteiger partial charge in [0.15, 0.2) is 6.04 Å². The molecule has 1 aliphatic heterocycles. The van der Waals surface area contributed by atoms with Gasteiger partial charge in [0, 0.05) is 11.3 Å². The number of hydrogen-bond acceptors (Lipinski definition) is 5. The number of halogens is 4. The number of ether oxygens (including phenoxy) is 1. The quantitative estimate of drug-likeness (QED) is 0.786. The van der Waals surface area contributed by atoms with Gasteiger partial charge in [-0.15, -0.1) is 11.3 Å². The van der Waals surface area contributed by atoms with Crippen molar-refractivity contribution in [1.29, 1.82) is 5.26 Å². The number of hydrogen-bond donors (Lipinski definition) is 1. The standard InChI is InChI=1S/C17H13ClF3N3OS/c1-16(7-13(17(19,20)21)24-15(23)25-16)14-11(18)6-12(26-14)10-4-2-3-9(5-10)8-22/h2-6,13H,7H2,1H3,(H2,23,24)/t13-,16-/m0/s1. The highest BCUT2D eigenvalue weighted by Gasteiger charge is 2.49. The molecule has 4 nitrogen and oxygen atoms in total. The lowest BCUT2D eigenvalue weighted by molar-refractivity contribution is -0.163. The molecule has 1 aliphatic rings. The summed E-state index contributed by atoms with van der Waals surface area (Å²) in [7, 11) is 0. The SMILES string of the molecule is C[C@@]1(c2sc(-c3cccc(C#N)c3)cc2Cl)C[C@@H](C(F)(F)F)N=C(N)O1. The number of alkyl halides is 3. The van der Waals surface area contributed by atoms with Crippen LogP contribution in [0.25, 0.3) is 10.4 Å². The molecule has 0 saturated heterocycles. The third kappa shape index (κ3) is 3.50. The van der Waals surface area contributed by atoms with Crippen LogP contribution in [0.15, 0.2) is 35.3 Å². The van der Waals surface area contributed by atoms with Crippen molar-refractivity contribution in [2.24, 2.45) is 10.7 Å². The first-order chi connectivity index (χ1) is 12.1. The van der Waals surface area contributed by atoms with Crippen molar-refractivity contribution in [3.05, 3.63) is 45.8 Å².